The zero-order valence-corrected chi connectivity index (χ0v) is 12.2. The number of amides is 1. The van der Waals surface area contributed by atoms with Gasteiger partial charge >= 0.3 is 0 Å². The predicted octanol–water partition coefficient (Wildman–Crippen LogP) is 0.592. The summed E-state index contributed by atoms with van der Waals surface area (Å²) in [6.07, 6.45) is 2.67. The third-order valence-electron chi connectivity index (χ3n) is 3.63. The fourth-order valence-electron chi connectivity index (χ4n) is 2.47. The molecule has 7 heteroatoms. The van der Waals surface area contributed by atoms with Crippen LogP contribution in [0.3, 0.4) is 0 Å². The van der Waals surface area contributed by atoms with E-state index in [1.54, 1.807) is 16.8 Å². The number of carbonyl (C=O) groups excluding carboxylic acids is 1. The molecule has 6 nitrogen and oxygen atoms in total. The van der Waals surface area contributed by atoms with Crippen LogP contribution >= 0.6 is 0 Å². The second-order valence-corrected chi connectivity index (χ2v) is 5.41. The number of hydrogen-bond donors (Lipinski definition) is 1. The van der Waals surface area contributed by atoms with Crippen molar-refractivity contribution in [1.29, 1.82) is 0 Å². The van der Waals surface area contributed by atoms with Crippen LogP contribution in [0.25, 0.3) is 0 Å². The van der Waals surface area contributed by atoms with Gasteiger partial charge in [-0.1, -0.05) is 17.3 Å². The van der Waals surface area contributed by atoms with Gasteiger partial charge in [-0.2, -0.15) is 0 Å². The van der Waals surface area contributed by atoms with Crippen LogP contribution in [0.15, 0.2) is 30.5 Å². The third-order valence-corrected chi connectivity index (χ3v) is 3.63. The number of piperazine rings is 1. The molecule has 0 bridgehead atoms. The van der Waals surface area contributed by atoms with Crippen molar-refractivity contribution in [3.05, 3.63) is 47.5 Å². The third kappa shape index (κ3) is 3.88. The van der Waals surface area contributed by atoms with E-state index in [4.69, 9.17) is 0 Å². The summed E-state index contributed by atoms with van der Waals surface area (Å²) in [7, 11) is 0. The minimum absolute atomic E-state index is 0.0509. The van der Waals surface area contributed by atoms with Crippen molar-refractivity contribution >= 4 is 5.91 Å². The molecule has 3 rings (SSSR count). The minimum atomic E-state index is -0.225. The van der Waals surface area contributed by atoms with E-state index in [1.807, 2.05) is 11.1 Å². The maximum absolute atomic E-state index is 12.8. The van der Waals surface area contributed by atoms with Crippen LogP contribution in [0.4, 0.5) is 4.39 Å². The average Bonchev–Trinajstić information content (AvgIpc) is 2.94. The SMILES string of the molecule is O=C1CN(Cc2cn(CCc3ccc(F)cc3)nn2)CCN1. The van der Waals surface area contributed by atoms with Gasteiger partial charge in [0.05, 0.1) is 12.2 Å². The molecule has 0 unspecified atom stereocenters. The van der Waals surface area contributed by atoms with Crippen molar-refractivity contribution in [2.24, 2.45) is 0 Å². The maximum Gasteiger partial charge on any atom is 0.234 e. The van der Waals surface area contributed by atoms with Crippen LogP contribution in [0.2, 0.25) is 0 Å². The highest BCUT2D eigenvalue weighted by atomic mass is 19.1. The Morgan fingerprint density at radius 1 is 1.27 bits per heavy atom. The van der Waals surface area contributed by atoms with E-state index in [0.717, 1.165) is 24.2 Å². The molecule has 1 fully saturated rings. The van der Waals surface area contributed by atoms with Crippen molar-refractivity contribution in [3.8, 4) is 0 Å². The van der Waals surface area contributed by atoms with Gasteiger partial charge in [-0.05, 0) is 24.1 Å². The van der Waals surface area contributed by atoms with Crippen LogP contribution in [0.1, 0.15) is 11.3 Å². The van der Waals surface area contributed by atoms with E-state index >= 15 is 0 Å². The van der Waals surface area contributed by atoms with E-state index < -0.39 is 0 Å². The van der Waals surface area contributed by atoms with Crippen LogP contribution in [-0.2, 0) is 24.3 Å². The van der Waals surface area contributed by atoms with Gasteiger partial charge < -0.3 is 5.32 Å². The molecule has 22 heavy (non-hydrogen) atoms. The van der Waals surface area contributed by atoms with Gasteiger partial charge in [0, 0.05) is 32.4 Å². The lowest BCUT2D eigenvalue weighted by molar-refractivity contribution is -0.124. The second-order valence-electron chi connectivity index (χ2n) is 5.41. The second kappa shape index (κ2) is 6.65. The molecule has 0 radical (unpaired) electrons. The van der Waals surface area contributed by atoms with Crippen molar-refractivity contribution in [2.75, 3.05) is 19.6 Å². The van der Waals surface area contributed by atoms with Gasteiger partial charge in [0.15, 0.2) is 0 Å². The maximum atomic E-state index is 12.8. The quantitative estimate of drug-likeness (QED) is 0.878. The first-order chi connectivity index (χ1) is 10.7. The molecule has 116 valence electrons. The predicted molar refractivity (Wildman–Crippen MR) is 78.4 cm³/mol. The fourth-order valence-corrected chi connectivity index (χ4v) is 2.47. The van der Waals surface area contributed by atoms with Crippen LogP contribution in [-0.4, -0.2) is 45.4 Å². The molecule has 0 atom stereocenters. The smallest absolute Gasteiger partial charge is 0.234 e. The summed E-state index contributed by atoms with van der Waals surface area (Å²) < 4.78 is 14.6. The van der Waals surface area contributed by atoms with Gasteiger partial charge in [0.2, 0.25) is 5.91 Å². The molecule has 1 N–H and O–H groups in total. The number of benzene rings is 1. The van der Waals surface area contributed by atoms with Crippen LogP contribution in [0, 0.1) is 5.82 Å². The van der Waals surface area contributed by atoms with Gasteiger partial charge in [-0.3, -0.25) is 14.4 Å². The molecule has 1 aromatic carbocycles. The Morgan fingerprint density at radius 3 is 2.86 bits per heavy atom. The molecule has 1 saturated heterocycles. The first kappa shape index (κ1) is 14.6. The minimum Gasteiger partial charge on any atom is -0.354 e. The zero-order valence-electron chi connectivity index (χ0n) is 12.2. The Kier molecular flexibility index (Phi) is 4.43. The topological polar surface area (TPSA) is 63.1 Å². The Morgan fingerprint density at radius 2 is 2.09 bits per heavy atom. The van der Waals surface area contributed by atoms with Gasteiger partial charge in [-0.15, -0.1) is 5.10 Å². The fraction of sp³-hybridized carbons (Fsp3) is 0.400. The molecule has 1 aromatic heterocycles. The normalized spacial score (nSPS) is 15.8. The number of nitrogens with one attached hydrogen (secondary N) is 1. The van der Waals surface area contributed by atoms with E-state index in [0.29, 0.717) is 26.2 Å². The molecule has 1 amide bonds. The Bertz CT molecular complexity index is 640. The van der Waals surface area contributed by atoms with E-state index in [2.05, 4.69) is 15.6 Å². The van der Waals surface area contributed by atoms with Crippen LogP contribution in [0.5, 0.6) is 0 Å². The molecule has 2 heterocycles. The van der Waals surface area contributed by atoms with Gasteiger partial charge in [0.25, 0.3) is 0 Å². The number of nitrogens with zero attached hydrogens (tertiary/aromatic N) is 4. The summed E-state index contributed by atoms with van der Waals surface area (Å²) in [6, 6.07) is 6.48. The highest BCUT2D eigenvalue weighted by Crippen LogP contribution is 2.06. The molecule has 0 spiro atoms. The number of aryl methyl sites for hydroxylation is 2. The monoisotopic (exact) mass is 303 g/mol. The van der Waals surface area contributed by atoms with E-state index in [1.165, 1.54) is 12.1 Å². The largest absolute Gasteiger partial charge is 0.354 e. The highest BCUT2D eigenvalue weighted by Gasteiger charge is 2.17. The Balaban J connectivity index is 1.52. The molecule has 0 aliphatic carbocycles. The molecule has 1 aliphatic heterocycles. The molecular weight excluding hydrogens is 285 g/mol. The number of hydrogen-bond acceptors (Lipinski definition) is 4. The van der Waals surface area contributed by atoms with Crippen molar-refractivity contribution in [1.82, 2.24) is 25.2 Å². The van der Waals surface area contributed by atoms with Crippen LogP contribution < -0.4 is 5.32 Å². The molecule has 1 aliphatic rings. The Labute approximate surface area is 127 Å². The summed E-state index contributed by atoms with van der Waals surface area (Å²) >= 11 is 0. The van der Waals surface area contributed by atoms with E-state index in [9.17, 15) is 9.18 Å². The first-order valence-electron chi connectivity index (χ1n) is 7.31. The Hall–Kier alpha value is -2.28. The molecule has 0 saturated carbocycles. The number of rotatable bonds is 5. The lowest BCUT2D eigenvalue weighted by atomic mass is 10.1. The number of aromatic nitrogens is 3. The summed E-state index contributed by atoms with van der Waals surface area (Å²) in [5, 5.41) is 11.0. The number of halogens is 1. The highest BCUT2D eigenvalue weighted by molar-refractivity contribution is 5.78. The lowest BCUT2D eigenvalue weighted by Crippen LogP contribution is -2.47. The zero-order chi connectivity index (χ0) is 15.4. The van der Waals surface area contributed by atoms with Crippen molar-refractivity contribution in [3.63, 3.8) is 0 Å². The molecular formula is C15H18FN5O. The summed E-state index contributed by atoms with van der Waals surface area (Å²) in [4.78, 5) is 13.4. The first-order valence-corrected chi connectivity index (χ1v) is 7.31. The lowest BCUT2D eigenvalue weighted by Gasteiger charge is -2.25. The number of carbonyl (C=O) groups is 1. The molecule has 2 aromatic rings. The summed E-state index contributed by atoms with van der Waals surface area (Å²) in [5.41, 5.74) is 1.92. The van der Waals surface area contributed by atoms with Crippen molar-refractivity contribution < 1.29 is 9.18 Å². The average molecular weight is 303 g/mol. The summed E-state index contributed by atoms with van der Waals surface area (Å²) in [6.45, 7) is 3.23. The van der Waals surface area contributed by atoms with Gasteiger partial charge in [0.1, 0.15) is 5.82 Å². The van der Waals surface area contributed by atoms with E-state index in [-0.39, 0.29) is 11.7 Å². The van der Waals surface area contributed by atoms with Gasteiger partial charge in [-0.25, -0.2) is 4.39 Å². The summed E-state index contributed by atoms with van der Waals surface area (Å²) in [5.74, 6) is -0.174. The van der Waals surface area contributed by atoms with Crippen molar-refractivity contribution in [2.45, 2.75) is 19.5 Å². The standard InChI is InChI=1S/C15H18FN5O/c16-13-3-1-12(2-4-13)5-7-21-10-14(18-19-21)9-20-8-6-17-15(22)11-20/h1-4,10H,5-9,11H2,(H,17,22).